The number of nitrogens with one attached hydrogen (secondary N) is 1. The zero-order chi connectivity index (χ0) is 17.8. The van der Waals surface area contributed by atoms with Gasteiger partial charge >= 0.3 is 0 Å². The number of aromatic amines is 1. The van der Waals surface area contributed by atoms with Gasteiger partial charge in [0.15, 0.2) is 5.75 Å². The van der Waals surface area contributed by atoms with Gasteiger partial charge in [-0.3, -0.25) is 14.6 Å². The summed E-state index contributed by atoms with van der Waals surface area (Å²) in [5, 5.41) is 10.1. The average Bonchev–Trinajstić information content (AvgIpc) is 2.65. The second-order valence-corrected chi connectivity index (χ2v) is 6.73. The minimum absolute atomic E-state index is 0.000526. The third-order valence-electron chi connectivity index (χ3n) is 5.17. The first-order valence-corrected chi connectivity index (χ1v) is 9.04. The first-order chi connectivity index (χ1) is 12.1. The summed E-state index contributed by atoms with van der Waals surface area (Å²) >= 11 is 0. The highest BCUT2D eigenvalue weighted by Crippen LogP contribution is 2.22. The van der Waals surface area contributed by atoms with E-state index >= 15 is 0 Å². The lowest BCUT2D eigenvalue weighted by Gasteiger charge is -2.38. The molecule has 0 aliphatic carbocycles. The van der Waals surface area contributed by atoms with Gasteiger partial charge in [0.25, 0.3) is 0 Å². The highest BCUT2D eigenvalue weighted by Gasteiger charge is 2.24. The number of hydrogen-bond donors (Lipinski definition) is 2. The molecule has 2 heterocycles. The summed E-state index contributed by atoms with van der Waals surface area (Å²) in [5.41, 5.74) is 2.34. The van der Waals surface area contributed by atoms with Gasteiger partial charge in [-0.05, 0) is 18.9 Å². The smallest absolute Gasteiger partial charge is 0.228 e. The Labute approximate surface area is 148 Å². The van der Waals surface area contributed by atoms with Gasteiger partial charge < -0.3 is 10.1 Å². The number of aromatic nitrogens is 1. The van der Waals surface area contributed by atoms with Crippen molar-refractivity contribution < 1.29 is 5.11 Å². The van der Waals surface area contributed by atoms with Crippen molar-refractivity contribution in [3.05, 3.63) is 63.6 Å². The Morgan fingerprint density at radius 2 is 1.84 bits per heavy atom. The normalized spacial score (nSPS) is 17.5. The summed E-state index contributed by atoms with van der Waals surface area (Å²) in [6.45, 7) is 8.73. The molecule has 0 amide bonds. The second-order valence-electron chi connectivity index (χ2n) is 6.73. The minimum atomic E-state index is -0.241. The monoisotopic (exact) mass is 341 g/mol. The maximum atomic E-state index is 12.4. The third kappa shape index (κ3) is 3.94. The van der Waals surface area contributed by atoms with Crippen LogP contribution in [0.15, 0.2) is 41.3 Å². The zero-order valence-electron chi connectivity index (χ0n) is 15.0. The Hall–Kier alpha value is -2.11. The summed E-state index contributed by atoms with van der Waals surface area (Å²) in [6, 6.07) is 10.5. The maximum Gasteiger partial charge on any atom is 0.228 e. The van der Waals surface area contributed by atoms with Crippen molar-refractivity contribution in [1.82, 2.24) is 14.8 Å². The van der Waals surface area contributed by atoms with Crippen LogP contribution in [0.3, 0.4) is 0 Å². The number of aryl methyl sites for hydroxylation is 1. The van der Waals surface area contributed by atoms with Gasteiger partial charge in [0, 0.05) is 50.5 Å². The standard InChI is InChI=1S/C20H27N3O2/c1-3-18-20(25)19(24)17(13-21-18)15(2)23-11-9-22(10-12-23)14-16-7-5-4-6-8-16/h4-8,13,15,25H,3,9-12,14H2,1-2H3,(H,21,24). The molecule has 1 unspecified atom stereocenters. The number of hydrogen-bond acceptors (Lipinski definition) is 4. The van der Waals surface area contributed by atoms with Crippen LogP contribution >= 0.6 is 0 Å². The van der Waals surface area contributed by atoms with E-state index < -0.39 is 0 Å². The molecule has 1 saturated heterocycles. The molecule has 1 atom stereocenters. The van der Waals surface area contributed by atoms with E-state index in [0.717, 1.165) is 32.7 Å². The molecule has 134 valence electrons. The lowest BCUT2D eigenvalue weighted by atomic mass is 10.1. The number of nitrogens with zero attached hydrogens (tertiary/aromatic N) is 2. The molecule has 0 spiro atoms. The Balaban J connectivity index is 1.63. The Kier molecular flexibility index (Phi) is 5.56. The first kappa shape index (κ1) is 17.7. The Bertz CT molecular complexity index is 749. The fourth-order valence-electron chi connectivity index (χ4n) is 3.50. The van der Waals surface area contributed by atoms with Crippen LogP contribution < -0.4 is 5.43 Å². The lowest BCUT2D eigenvalue weighted by molar-refractivity contribution is 0.0973. The van der Waals surface area contributed by atoms with Gasteiger partial charge in [-0.2, -0.15) is 0 Å². The van der Waals surface area contributed by atoms with E-state index in [0.29, 0.717) is 17.7 Å². The van der Waals surface area contributed by atoms with Crippen LogP contribution in [0.2, 0.25) is 0 Å². The predicted octanol–water partition coefficient (Wildman–Crippen LogP) is 2.52. The molecular formula is C20H27N3O2. The van der Waals surface area contributed by atoms with Crippen LogP contribution in [0, 0.1) is 0 Å². The van der Waals surface area contributed by atoms with Crippen molar-refractivity contribution in [3.63, 3.8) is 0 Å². The molecule has 0 radical (unpaired) electrons. The quantitative estimate of drug-likeness (QED) is 0.877. The van der Waals surface area contributed by atoms with Crippen molar-refractivity contribution >= 4 is 0 Å². The van der Waals surface area contributed by atoms with Crippen LogP contribution in [0.4, 0.5) is 0 Å². The van der Waals surface area contributed by atoms with Gasteiger partial charge in [0.1, 0.15) is 0 Å². The number of piperazine rings is 1. The Morgan fingerprint density at radius 1 is 1.16 bits per heavy atom. The fourth-order valence-corrected chi connectivity index (χ4v) is 3.50. The molecule has 1 aromatic heterocycles. The van der Waals surface area contributed by atoms with E-state index in [4.69, 9.17) is 0 Å². The van der Waals surface area contributed by atoms with Crippen molar-refractivity contribution in [2.75, 3.05) is 26.2 Å². The van der Waals surface area contributed by atoms with E-state index in [1.807, 2.05) is 19.9 Å². The van der Waals surface area contributed by atoms with Crippen LogP contribution in [-0.2, 0) is 13.0 Å². The molecule has 3 rings (SSSR count). The molecule has 5 heteroatoms. The molecule has 2 N–H and O–H groups in total. The number of pyridine rings is 1. The summed E-state index contributed by atoms with van der Waals surface area (Å²) in [6.07, 6.45) is 2.38. The van der Waals surface area contributed by atoms with Crippen molar-refractivity contribution in [3.8, 4) is 5.75 Å². The van der Waals surface area contributed by atoms with E-state index in [9.17, 15) is 9.90 Å². The minimum Gasteiger partial charge on any atom is -0.503 e. The van der Waals surface area contributed by atoms with Gasteiger partial charge in [-0.1, -0.05) is 37.3 Å². The molecule has 1 aliphatic rings. The molecule has 0 bridgehead atoms. The predicted molar refractivity (Wildman–Crippen MR) is 99.8 cm³/mol. The van der Waals surface area contributed by atoms with Crippen LogP contribution in [-0.4, -0.2) is 46.1 Å². The maximum absolute atomic E-state index is 12.4. The number of benzene rings is 1. The van der Waals surface area contributed by atoms with Gasteiger partial charge in [-0.25, -0.2) is 0 Å². The highest BCUT2D eigenvalue weighted by atomic mass is 16.3. The van der Waals surface area contributed by atoms with Crippen LogP contribution in [0.5, 0.6) is 5.75 Å². The van der Waals surface area contributed by atoms with Crippen LogP contribution in [0.1, 0.15) is 36.7 Å². The van der Waals surface area contributed by atoms with E-state index in [2.05, 4.69) is 39.0 Å². The molecule has 1 fully saturated rings. The van der Waals surface area contributed by atoms with Crippen LogP contribution in [0.25, 0.3) is 0 Å². The molecular weight excluding hydrogens is 314 g/mol. The summed E-state index contributed by atoms with van der Waals surface area (Å²) in [5.74, 6) is -0.130. The molecule has 0 saturated carbocycles. The summed E-state index contributed by atoms with van der Waals surface area (Å²) in [4.78, 5) is 20.3. The lowest BCUT2D eigenvalue weighted by Crippen LogP contribution is -2.47. The highest BCUT2D eigenvalue weighted by molar-refractivity contribution is 5.32. The second kappa shape index (κ2) is 7.85. The zero-order valence-corrected chi connectivity index (χ0v) is 15.0. The molecule has 25 heavy (non-hydrogen) atoms. The largest absolute Gasteiger partial charge is 0.503 e. The van der Waals surface area contributed by atoms with E-state index in [-0.39, 0.29) is 17.2 Å². The SMILES string of the molecule is CCc1[nH]cc(C(C)N2CCN(Cc3ccccc3)CC2)c(=O)c1O. The van der Waals surface area contributed by atoms with Gasteiger partial charge in [0.2, 0.25) is 5.43 Å². The van der Waals surface area contributed by atoms with Gasteiger partial charge in [-0.15, -0.1) is 0 Å². The number of rotatable bonds is 5. The summed E-state index contributed by atoms with van der Waals surface area (Å²) in [7, 11) is 0. The van der Waals surface area contributed by atoms with E-state index in [1.165, 1.54) is 5.56 Å². The van der Waals surface area contributed by atoms with Crippen molar-refractivity contribution in [1.29, 1.82) is 0 Å². The average molecular weight is 341 g/mol. The van der Waals surface area contributed by atoms with Crippen molar-refractivity contribution in [2.45, 2.75) is 32.9 Å². The Morgan fingerprint density at radius 3 is 2.48 bits per heavy atom. The fraction of sp³-hybridized carbons (Fsp3) is 0.450. The number of aromatic hydroxyl groups is 1. The molecule has 1 aromatic carbocycles. The third-order valence-corrected chi connectivity index (χ3v) is 5.17. The molecule has 5 nitrogen and oxygen atoms in total. The van der Waals surface area contributed by atoms with E-state index in [1.54, 1.807) is 6.20 Å². The molecule has 2 aromatic rings. The number of H-pyrrole nitrogens is 1. The van der Waals surface area contributed by atoms with Crippen molar-refractivity contribution in [2.24, 2.45) is 0 Å². The summed E-state index contributed by atoms with van der Waals surface area (Å²) < 4.78 is 0. The van der Waals surface area contributed by atoms with Gasteiger partial charge in [0.05, 0.1) is 5.69 Å². The molecule has 1 aliphatic heterocycles. The first-order valence-electron chi connectivity index (χ1n) is 9.04. The topological polar surface area (TPSA) is 59.6 Å².